The van der Waals surface area contributed by atoms with Gasteiger partial charge in [0.05, 0.1) is 16.6 Å². The van der Waals surface area contributed by atoms with E-state index < -0.39 is 0 Å². The van der Waals surface area contributed by atoms with Gasteiger partial charge in [0.25, 0.3) is 5.91 Å². The molecule has 3 rings (SSSR count). The molecule has 0 aromatic heterocycles. The van der Waals surface area contributed by atoms with Gasteiger partial charge in [-0.25, -0.2) is 0 Å². The zero-order valence-corrected chi connectivity index (χ0v) is 15.7. The summed E-state index contributed by atoms with van der Waals surface area (Å²) in [5.41, 5.74) is 1.64. The number of rotatable bonds is 6. The number of carbonyl (C=O) groups is 2. The largest absolute Gasteiger partial charge is 0.354 e. The summed E-state index contributed by atoms with van der Waals surface area (Å²) in [4.78, 5) is 24.3. The summed E-state index contributed by atoms with van der Waals surface area (Å²) in [6, 6.07) is 14.9. The molecule has 0 spiro atoms. The predicted molar refractivity (Wildman–Crippen MR) is 104 cm³/mol. The minimum Gasteiger partial charge on any atom is -0.354 e. The van der Waals surface area contributed by atoms with E-state index in [1.807, 2.05) is 18.2 Å². The van der Waals surface area contributed by atoms with Crippen molar-refractivity contribution in [2.75, 3.05) is 13.1 Å². The van der Waals surface area contributed by atoms with E-state index in [2.05, 4.69) is 22.8 Å². The molecule has 2 aromatic carbocycles. The Kier molecular flexibility index (Phi) is 5.84. The van der Waals surface area contributed by atoms with E-state index in [1.165, 1.54) is 18.1 Å². The van der Waals surface area contributed by atoms with E-state index in [-0.39, 0.29) is 23.8 Å². The van der Waals surface area contributed by atoms with Gasteiger partial charge in [-0.05, 0) is 36.6 Å². The Labute approximate surface area is 162 Å². The first-order chi connectivity index (χ1) is 12.5. The minimum absolute atomic E-state index is 0.0185. The first-order valence-electron chi connectivity index (χ1n) is 8.56. The zero-order chi connectivity index (χ0) is 18.6. The van der Waals surface area contributed by atoms with E-state index in [1.54, 1.807) is 12.1 Å². The molecule has 0 unspecified atom stereocenters. The third-order valence-electron chi connectivity index (χ3n) is 4.91. The standard InChI is InChI=1S/C20H20Cl2N2O2/c21-16-8-7-14(11-17(16)22)19(26)23-12-18(25)24-13-20(9-4-10-20)15-5-2-1-3-6-15/h1-3,5-8,11H,4,9-10,12-13H2,(H,23,26)(H,24,25). The van der Waals surface area contributed by atoms with Gasteiger partial charge in [-0.2, -0.15) is 0 Å². The van der Waals surface area contributed by atoms with Crippen LogP contribution in [0.1, 0.15) is 35.2 Å². The SMILES string of the molecule is O=C(CNC(=O)c1ccc(Cl)c(Cl)c1)NCC1(c2ccccc2)CCC1. The van der Waals surface area contributed by atoms with Gasteiger partial charge in [-0.3, -0.25) is 9.59 Å². The quantitative estimate of drug-likeness (QED) is 0.783. The van der Waals surface area contributed by atoms with Crippen molar-refractivity contribution in [3.63, 3.8) is 0 Å². The van der Waals surface area contributed by atoms with Crippen LogP contribution in [-0.4, -0.2) is 24.9 Å². The third-order valence-corrected chi connectivity index (χ3v) is 5.65. The number of hydrogen-bond donors (Lipinski definition) is 2. The molecule has 0 radical (unpaired) electrons. The Morgan fingerprint density at radius 1 is 0.962 bits per heavy atom. The summed E-state index contributed by atoms with van der Waals surface area (Å²) >= 11 is 11.7. The molecule has 6 heteroatoms. The highest BCUT2D eigenvalue weighted by Gasteiger charge is 2.38. The lowest BCUT2D eigenvalue weighted by atomic mass is 9.64. The van der Waals surface area contributed by atoms with E-state index in [4.69, 9.17) is 23.2 Å². The monoisotopic (exact) mass is 390 g/mol. The molecule has 0 saturated heterocycles. The van der Waals surface area contributed by atoms with Crippen molar-refractivity contribution >= 4 is 35.0 Å². The lowest BCUT2D eigenvalue weighted by Crippen LogP contribution is -2.47. The van der Waals surface area contributed by atoms with Crippen molar-refractivity contribution in [1.29, 1.82) is 0 Å². The van der Waals surface area contributed by atoms with Crippen LogP contribution in [0.25, 0.3) is 0 Å². The molecule has 0 heterocycles. The second-order valence-electron chi connectivity index (χ2n) is 6.59. The fourth-order valence-corrected chi connectivity index (χ4v) is 3.49. The highest BCUT2D eigenvalue weighted by molar-refractivity contribution is 6.42. The van der Waals surface area contributed by atoms with Gasteiger partial charge in [-0.15, -0.1) is 0 Å². The molecular weight excluding hydrogens is 371 g/mol. The summed E-state index contributed by atoms with van der Waals surface area (Å²) in [6.45, 7) is 0.502. The Balaban J connectivity index is 1.51. The van der Waals surface area contributed by atoms with Crippen LogP contribution in [0.5, 0.6) is 0 Å². The van der Waals surface area contributed by atoms with Crippen LogP contribution in [-0.2, 0) is 10.2 Å². The van der Waals surface area contributed by atoms with Gasteiger partial charge in [0.2, 0.25) is 5.91 Å². The van der Waals surface area contributed by atoms with Gasteiger partial charge < -0.3 is 10.6 Å². The van der Waals surface area contributed by atoms with Crippen LogP contribution in [0.4, 0.5) is 0 Å². The fraction of sp³-hybridized carbons (Fsp3) is 0.300. The smallest absolute Gasteiger partial charge is 0.251 e. The van der Waals surface area contributed by atoms with Gasteiger partial charge in [0.1, 0.15) is 0 Å². The first-order valence-corrected chi connectivity index (χ1v) is 9.31. The second-order valence-corrected chi connectivity index (χ2v) is 7.40. The topological polar surface area (TPSA) is 58.2 Å². The molecule has 0 bridgehead atoms. The molecule has 1 aliphatic carbocycles. The van der Waals surface area contributed by atoms with Crippen molar-refractivity contribution in [2.45, 2.75) is 24.7 Å². The van der Waals surface area contributed by atoms with Gasteiger partial charge in [0.15, 0.2) is 0 Å². The molecule has 4 nitrogen and oxygen atoms in total. The lowest BCUT2D eigenvalue weighted by Gasteiger charge is -2.42. The van der Waals surface area contributed by atoms with Crippen LogP contribution < -0.4 is 10.6 Å². The molecule has 2 aromatic rings. The van der Waals surface area contributed by atoms with Crippen LogP contribution in [0.3, 0.4) is 0 Å². The summed E-state index contributed by atoms with van der Waals surface area (Å²) in [5, 5.41) is 6.24. The van der Waals surface area contributed by atoms with Crippen molar-refractivity contribution in [2.24, 2.45) is 0 Å². The summed E-state index contributed by atoms with van der Waals surface area (Å²) in [7, 11) is 0. The summed E-state index contributed by atoms with van der Waals surface area (Å²) in [5.74, 6) is -0.569. The van der Waals surface area contributed by atoms with E-state index in [9.17, 15) is 9.59 Å². The molecule has 2 N–H and O–H groups in total. The molecule has 26 heavy (non-hydrogen) atoms. The number of hydrogen-bond acceptors (Lipinski definition) is 2. The number of nitrogens with one attached hydrogen (secondary N) is 2. The number of halogens is 2. The minimum atomic E-state index is -0.361. The van der Waals surface area contributed by atoms with Crippen LogP contribution >= 0.6 is 23.2 Å². The molecule has 2 amide bonds. The Morgan fingerprint density at radius 2 is 1.69 bits per heavy atom. The third kappa shape index (κ3) is 4.19. The number of benzene rings is 2. The Morgan fingerprint density at radius 3 is 2.31 bits per heavy atom. The number of amides is 2. The molecule has 1 saturated carbocycles. The summed E-state index contributed by atoms with van der Waals surface area (Å²) in [6.07, 6.45) is 3.29. The van der Waals surface area contributed by atoms with E-state index in [0.717, 1.165) is 12.8 Å². The van der Waals surface area contributed by atoms with Crippen molar-refractivity contribution in [1.82, 2.24) is 10.6 Å². The van der Waals surface area contributed by atoms with Crippen molar-refractivity contribution in [3.05, 3.63) is 69.7 Å². The van der Waals surface area contributed by atoms with Crippen LogP contribution in [0.2, 0.25) is 10.0 Å². The maximum Gasteiger partial charge on any atom is 0.251 e. The van der Waals surface area contributed by atoms with Gasteiger partial charge in [-0.1, -0.05) is 60.0 Å². The molecule has 136 valence electrons. The second kappa shape index (κ2) is 8.11. The summed E-state index contributed by atoms with van der Waals surface area (Å²) < 4.78 is 0. The molecule has 0 atom stereocenters. The highest BCUT2D eigenvalue weighted by Crippen LogP contribution is 2.43. The van der Waals surface area contributed by atoms with Crippen LogP contribution in [0.15, 0.2) is 48.5 Å². The average Bonchev–Trinajstić information content (AvgIpc) is 2.62. The molecule has 1 fully saturated rings. The Hall–Kier alpha value is -2.04. The van der Waals surface area contributed by atoms with Crippen LogP contribution in [0, 0.1) is 0 Å². The average molecular weight is 391 g/mol. The normalized spacial score (nSPS) is 15.0. The lowest BCUT2D eigenvalue weighted by molar-refractivity contribution is -0.120. The maximum atomic E-state index is 12.1. The maximum absolute atomic E-state index is 12.1. The van der Waals surface area contributed by atoms with E-state index >= 15 is 0 Å². The van der Waals surface area contributed by atoms with Gasteiger partial charge in [0, 0.05) is 17.5 Å². The Bertz CT molecular complexity index is 805. The van der Waals surface area contributed by atoms with E-state index in [0.29, 0.717) is 22.2 Å². The molecule has 0 aliphatic heterocycles. The molecule has 1 aliphatic rings. The fourth-order valence-electron chi connectivity index (χ4n) is 3.19. The van der Waals surface area contributed by atoms with Crippen molar-refractivity contribution in [3.8, 4) is 0 Å². The zero-order valence-electron chi connectivity index (χ0n) is 14.2. The molecular formula is C20H20Cl2N2O2. The highest BCUT2D eigenvalue weighted by atomic mass is 35.5. The van der Waals surface area contributed by atoms with Gasteiger partial charge >= 0.3 is 0 Å². The predicted octanol–water partition coefficient (Wildman–Crippen LogP) is 3.96. The van der Waals surface area contributed by atoms with Crippen molar-refractivity contribution < 1.29 is 9.59 Å². The number of carbonyl (C=O) groups excluding carboxylic acids is 2. The first kappa shape index (κ1) is 18.7.